The van der Waals surface area contributed by atoms with Gasteiger partial charge in [-0.15, -0.1) is 0 Å². The molecule has 3 rings (SSSR count). The molecule has 3 amide bonds. The number of amides is 3. The molecule has 0 radical (unpaired) electrons. The molecule has 6 nitrogen and oxygen atoms in total. The first-order chi connectivity index (χ1) is 12.4. The van der Waals surface area contributed by atoms with Crippen LogP contribution in [0.3, 0.4) is 0 Å². The van der Waals surface area contributed by atoms with Crippen LogP contribution in [-0.2, 0) is 11.2 Å². The normalized spacial score (nSPS) is 13.7. The van der Waals surface area contributed by atoms with E-state index in [1.165, 1.54) is 23.1 Å². The number of phenols is 1. The maximum atomic E-state index is 14.3. The molecule has 0 aliphatic carbocycles. The molecular weight excluding hydrogens is 405 g/mol. The van der Waals surface area contributed by atoms with Crippen molar-refractivity contribution >= 4 is 39.2 Å². The second-order valence-electron chi connectivity index (χ2n) is 5.95. The van der Waals surface area contributed by atoms with Gasteiger partial charge in [0.25, 0.3) is 0 Å². The van der Waals surface area contributed by atoms with Crippen LogP contribution in [0.2, 0.25) is 0 Å². The third-order valence-electron chi connectivity index (χ3n) is 4.18. The molecule has 136 valence electrons. The van der Waals surface area contributed by atoms with Crippen molar-refractivity contribution in [2.45, 2.75) is 13.3 Å². The lowest BCUT2D eigenvalue weighted by Crippen LogP contribution is -2.29. The van der Waals surface area contributed by atoms with Gasteiger partial charge >= 0.3 is 6.03 Å². The minimum atomic E-state index is -0.525. The molecule has 26 heavy (non-hydrogen) atoms. The van der Waals surface area contributed by atoms with Crippen LogP contribution in [0.15, 0.2) is 34.8 Å². The quantitative estimate of drug-likeness (QED) is 0.707. The lowest BCUT2D eigenvalue weighted by molar-refractivity contribution is -0.115. The van der Waals surface area contributed by atoms with E-state index in [4.69, 9.17) is 0 Å². The minimum Gasteiger partial charge on any atom is -0.508 e. The van der Waals surface area contributed by atoms with Gasteiger partial charge in [-0.2, -0.15) is 0 Å². The van der Waals surface area contributed by atoms with Gasteiger partial charge in [-0.1, -0.05) is 22.0 Å². The number of hydrogen-bond donors (Lipinski definition) is 3. The number of nitrogens with one attached hydrogen (secondary N) is 2. The predicted molar refractivity (Wildman–Crippen MR) is 100 cm³/mol. The molecule has 8 heteroatoms. The van der Waals surface area contributed by atoms with Gasteiger partial charge in [-0.05, 0) is 36.8 Å². The third-order valence-corrected chi connectivity index (χ3v) is 4.67. The molecule has 2 aromatic carbocycles. The van der Waals surface area contributed by atoms with E-state index in [1.54, 1.807) is 19.1 Å². The summed E-state index contributed by atoms with van der Waals surface area (Å²) < 4.78 is 15.0. The first kappa shape index (κ1) is 18.2. The smallest absolute Gasteiger partial charge is 0.322 e. The zero-order valence-electron chi connectivity index (χ0n) is 14.0. The fourth-order valence-electron chi connectivity index (χ4n) is 2.87. The molecule has 1 fully saturated rings. The summed E-state index contributed by atoms with van der Waals surface area (Å²) in [5.74, 6) is -0.864. The molecular formula is C18H17BrFN3O3. The Bertz CT molecular complexity index is 888. The number of urea groups is 1. The highest BCUT2D eigenvalue weighted by atomic mass is 79.9. The minimum absolute atomic E-state index is 0.0137. The van der Waals surface area contributed by atoms with Gasteiger partial charge in [0.2, 0.25) is 5.91 Å². The molecule has 0 unspecified atom stereocenters. The van der Waals surface area contributed by atoms with E-state index >= 15 is 0 Å². The van der Waals surface area contributed by atoms with Crippen molar-refractivity contribution in [1.29, 1.82) is 0 Å². The Labute approximate surface area is 158 Å². The van der Waals surface area contributed by atoms with Crippen LogP contribution in [0, 0.1) is 12.7 Å². The Hall–Kier alpha value is -2.61. The molecule has 1 aliphatic rings. The largest absolute Gasteiger partial charge is 0.508 e. The second kappa shape index (κ2) is 7.33. The maximum Gasteiger partial charge on any atom is 0.322 e. The van der Waals surface area contributed by atoms with Crippen LogP contribution in [-0.4, -0.2) is 30.1 Å². The highest BCUT2D eigenvalue weighted by Crippen LogP contribution is 2.31. The Morgan fingerprint density at radius 2 is 2.15 bits per heavy atom. The standard InChI is InChI=1S/C18H17BrFN3O3/c1-10-14(5-4-13(20)17(10)23-7-6-21-18(23)26)22-16(25)8-11-2-3-12(19)9-15(11)24/h2-5,9,24H,6-8H2,1H3,(H,21,26)(H,22,25). The topological polar surface area (TPSA) is 81.7 Å². The van der Waals surface area contributed by atoms with Gasteiger partial charge in [0, 0.05) is 28.8 Å². The summed E-state index contributed by atoms with van der Waals surface area (Å²) in [6, 6.07) is 7.21. The summed E-state index contributed by atoms with van der Waals surface area (Å²) in [6.07, 6.45) is -0.0323. The monoisotopic (exact) mass is 421 g/mol. The van der Waals surface area contributed by atoms with E-state index < -0.39 is 5.82 Å². The van der Waals surface area contributed by atoms with Crippen LogP contribution < -0.4 is 15.5 Å². The zero-order valence-corrected chi connectivity index (χ0v) is 15.6. The number of nitrogens with zero attached hydrogens (tertiary/aromatic N) is 1. The van der Waals surface area contributed by atoms with E-state index in [-0.39, 0.29) is 29.8 Å². The molecule has 1 aliphatic heterocycles. The molecule has 0 aromatic heterocycles. The summed E-state index contributed by atoms with van der Waals surface area (Å²) in [6.45, 7) is 2.45. The van der Waals surface area contributed by atoms with Gasteiger partial charge in [-0.3, -0.25) is 9.69 Å². The molecule has 1 saturated heterocycles. The maximum absolute atomic E-state index is 14.3. The number of carbonyl (C=O) groups excluding carboxylic acids is 2. The summed E-state index contributed by atoms with van der Waals surface area (Å²) in [7, 11) is 0. The fourth-order valence-corrected chi connectivity index (χ4v) is 3.22. The molecule has 1 heterocycles. The highest BCUT2D eigenvalue weighted by molar-refractivity contribution is 9.10. The van der Waals surface area contributed by atoms with Crippen molar-refractivity contribution < 1.29 is 19.1 Å². The Kier molecular flexibility index (Phi) is 5.13. The van der Waals surface area contributed by atoms with E-state index in [2.05, 4.69) is 26.6 Å². The SMILES string of the molecule is Cc1c(NC(=O)Cc2ccc(Br)cc2O)ccc(F)c1N1CCNC1=O. The van der Waals surface area contributed by atoms with Crippen molar-refractivity contribution in [3.63, 3.8) is 0 Å². The van der Waals surface area contributed by atoms with Gasteiger partial charge < -0.3 is 15.7 Å². The fraction of sp³-hybridized carbons (Fsp3) is 0.222. The van der Waals surface area contributed by atoms with E-state index in [9.17, 15) is 19.1 Å². The summed E-state index contributed by atoms with van der Waals surface area (Å²) >= 11 is 3.24. The van der Waals surface area contributed by atoms with Gasteiger partial charge in [-0.25, -0.2) is 9.18 Å². The average Bonchev–Trinajstić information content (AvgIpc) is 2.99. The lowest BCUT2D eigenvalue weighted by atomic mass is 10.1. The summed E-state index contributed by atoms with van der Waals surface area (Å²) in [4.78, 5) is 25.5. The van der Waals surface area contributed by atoms with Gasteiger partial charge in [0.05, 0.1) is 12.1 Å². The van der Waals surface area contributed by atoms with Crippen molar-refractivity contribution in [2.24, 2.45) is 0 Å². The van der Waals surface area contributed by atoms with Crippen molar-refractivity contribution in [3.8, 4) is 5.75 Å². The highest BCUT2D eigenvalue weighted by Gasteiger charge is 2.26. The molecule has 3 N–H and O–H groups in total. The number of benzene rings is 2. The van der Waals surface area contributed by atoms with Crippen LogP contribution in [0.1, 0.15) is 11.1 Å². The molecule has 2 aromatic rings. The zero-order chi connectivity index (χ0) is 18.8. The van der Waals surface area contributed by atoms with Crippen LogP contribution in [0.5, 0.6) is 5.75 Å². The van der Waals surface area contributed by atoms with E-state index in [0.717, 1.165) is 0 Å². The number of carbonyl (C=O) groups is 2. The first-order valence-electron chi connectivity index (χ1n) is 7.98. The lowest BCUT2D eigenvalue weighted by Gasteiger charge is -2.20. The number of aromatic hydroxyl groups is 1. The number of halogens is 2. The van der Waals surface area contributed by atoms with Crippen molar-refractivity contribution in [1.82, 2.24) is 5.32 Å². The predicted octanol–water partition coefficient (Wildman–Crippen LogP) is 3.31. The second-order valence-corrected chi connectivity index (χ2v) is 6.87. The average molecular weight is 422 g/mol. The van der Waals surface area contributed by atoms with Crippen molar-refractivity contribution in [2.75, 3.05) is 23.3 Å². The Morgan fingerprint density at radius 3 is 2.81 bits per heavy atom. The van der Waals surface area contributed by atoms with Crippen LogP contribution >= 0.6 is 15.9 Å². The molecule has 0 bridgehead atoms. The van der Waals surface area contributed by atoms with Gasteiger partial charge in [0.15, 0.2) is 0 Å². The van der Waals surface area contributed by atoms with E-state index in [0.29, 0.717) is 34.4 Å². The Balaban J connectivity index is 1.81. The molecule has 0 saturated carbocycles. The number of phenolic OH excluding ortho intramolecular Hbond substituents is 1. The van der Waals surface area contributed by atoms with Crippen LogP contribution in [0.4, 0.5) is 20.6 Å². The number of anilines is 2. The van der Waals surface area contributed by atoms with Crippen molar-refractivity contribution in [3.05, 3.63) is 51.7 Å². The third kappa shape index (κ3) is 3.65. The summed E-state index contributed by atoms with van der Waals surface area (Å²) in [5.41, 5.74) is 1.52. The first-order valence-corrected chi connectivity index (χ1v) is 8.78. The molecule has 0 atom stereocenters. The van der Waals surface area contributed by atoms with E-state index in [1.807, 2.05) is 0 Å². The number of rotatable bonds is 4. The Morgan fingerprint density at radius 1 is 1.38 bits per heavy atom. The van der Waals surface area contributed by atoms with Crippen LogP contribution in [0.25, 0.3) is 0 Å². The summed E-state index contributed by atoms with van der Waals surface area (Å²) in [5, 5.41) is 15.3. The number of hydrogen-bond acceptors (Lipinski definition) is 3. The van der Waals surface area contributed by atoms with Gasteiger partial charge in [0.1, 0.15) is 11.6 Å². The molecule has 0 spiro atoms.